The lowest BCUT2D eigenvalue weighted by molar-refractivity contribution is -0.121. The van der Waals surface area contributed by atoms with Gasteiger partial charge in [-0.15, -0.1) is 0 Å². The van der Waals surface area contributed by atoms with Gasteiger partial charge in [-0.3, -0.25) is 9.69 Å². The number of anilines is 1. The van der Waals surface area contributed by atoms with Crippen LogP contribution in [0.2, 0.25) is 0 Å². The van der Waals surface area contributed by atoms with E-state index < -0.39 is 15.9 Å². The van der Waals surface area contributed by atoms with Gasteiger partial charge < -0.3 is 5.32 Å². The van der Waals surface area contributed by atoms with Crippen molar-refractivity contribution in [1.29, 1.82) is 0 Å². The Bertz CT molecular complexity index is 886. The Morgan fingerprint density at radius 2 is 1.77 bits per heavy atom. The van der Waals surface area contributed by atoms with Crippen molar-refractivity contribution in [1.82, 2.24) is 4.90 Å². The number of carbonyl (C=O) groups excluding carboxylic acids is 1. The standard InChI is InChI=1S/C19H21BrN2O3S/c1-14-13-16(20)7-8-17(14)21-19(23)18(15-5-3-2-4-6-15)22-9-11-26(24,25)12-10-22/h2-8,13,18H,9-12H2,1H3,(H,21,23). The molecule has 7 heteroatoms. The molecule has 2 aromatic carbocycles. The van der Waals surface area contributed by atoms with Gasteiger partial charge in [0.1, 0.15) is 6.04 Å². The molecule has 1 unspecified atom stereocenters. The van der Waals surface area contributed by atoms with Gasteiger partial charge in [-0.05, 0) is 36.2 Å². The molecule has 2 aromatic rings. The fourth-order valence-electron chi connectivity index (χ4n) is 3.12. The number of carbonyl (C=O) groups is 1. The first-order valence-electron chi connectivity index (χ1n) is 8.42. The number of hydrogen-bond acceptors (Lipinski definition) is 4. The Kier molecular flexibility index (Phi) is 5.79. The molecule has 1 aliphatic rings. The number of amides is 1. The second-order valence-electron chi connectivity index (χ2n) is 6.45. The van der Waals surface area contributed by atoms with E-state index in [-0.39, 0.29) is 17.4 Å². The van der Waals surface area contributed by atoms with Gasteiger partial charge in [0.25, 0.3) is 0 Å². The molecule has 1 fully saturated rings. The average molecular weight is 437 g/mol. The highest BCUT2D eigenvalue weighted by atomic mass is 79.9. The number of sulfone groups is 1. The molecule has 1 aliphatic heterocycles. The fraction of sp³-hybridized carbons (Fsp3) is 0.316. The predicted molar refractivity (Wildman–Crippen MR) is 107 cm³/mol. The second kappa shape index (κ2) is 7.90. The van der Waals surface area contributed by atoms with Gasteiger partial charge in [0.05, 0.1) is 11.5 Å². The minimum Gasteiger partial charge on any atom is -0.324 e. The molecular formula is C19H21BrN2O3S. The molecule has 1 atom stereocenters. The number of nitrogens with zero attached hydrogens (tertiary/aromatic N) is 1. The highest BCUT2D eigenvalue weighted by Crippen LogP contribution is 2.26. The van der Waals surface area contributed by atoms with Crippen molar-refractivity contribution in [3.8, 4) is 0 Å². The smallest absolute Gasteiger partial charge is 0.246 e. The third kappa shape index (κ3) is 4.52. The van der Waals surface area contributed by atoms with Crippen LogP contribution in [-0.2, 0) is 14.6 Å². The third-order valence-corrected chi connectivity index (χ3v) is 6.66. The van der Waals surface area contributed by atoms with E-state index in [2.05, 4.69) is 21.2 Å². The maximum Gasteiger partial charge on any atom is 0.246 e. The van der Waals surface area contributed by atoms with Gasteiger partial charge in [-0.1, -0.05) is 46.3 Å². The first-order valence-corrected chi connectivity index (χ1v) is 11.0. The van der Waals surface area contributed by atoms with Crippen LogP contribution in [0.3, 0.4) is 0 Å². The molecule has 5 nitrogen and oxygen atoms in total. The van der Waals surface area contributed by atoms with Gasteiger partial charge in [0.15, 0.2) is 9.84 Å². The Morgan fingerprint density at radius 3 is 2.38 bits per heavy atom. The predicted octanol–water partition coefficient (Wildman–Crippen LogP) is 3.17. The van der Waals surface area contributed by atoms with Crippen molar-refractivity contribution >= 4 is 37.4 Å². The van der Waals surface area contributed by atoms with E-state index in [1.54, 1.807) is 0 Å². The normalized spacial score (nSPS) is 18.2. The van der Waals surface area contributed by atoms with Crippen molar-refractivity contribution in [3.63, 3.8) is 0 Å². The zero-order valence-corrected chi connectivity index (χ0v) is 16.9. The van der Waals surface area contributed by atoms with Gasteiger partial charge in [0, 0.05) is 23.2 Å². The number of aryl methyl sites for hydroxylation is 1. The molecule has 1 amide bonds. The highest BCUT2D eigenvalue weighted by molar-refractivity contribution is 9.10. The maximum absolute atomic E-state index is 13.1. The van der Waals surface area contributed by atoms with Crippen LogP contribution < -0.4 is 5.32 Å². The second-order valence-corrected chi connectivity index (χ2v) is 9.67. The third-order valence-electron chi connectivity index (χ3n) is 4.55. The molecule has 0 radical (unpaired) electrons. The van der Waals surface area contributed by atoms with Gasteiger partial charge in [-0.25, -0.2) is 8.42 Å². The summed E-state index contributed by atoms with van der Waals surface area (Å²) in [4.78, 5) is 15.0. The van der Waals surface area contributed by atoms with Crippen molar-refractivity contribution in [3.05, 3.63) is 64.1 Å². The number of rotatable bonds is 4. The van der Waals surface area contributed by atoms with Crippen molar-refractivity contribution in [2.45, 2.75) is 13.0 Å². The molecule has 1 N–H and O–H groups in total. The summed E-state index contributed by atoms with van der Waals surface area (Å²) in [5.74, 6) is 0.0166. The van der Waals surface area contributed by atoms with Crippen LogP contribution in [0.25, 0.3) is 0 Å². The van der Waals surface area contributed by atoms with E-state index in [0.29, 0.717) is 13.1 Å². The Morgan fingerprint density at radius 1 is 1.12 bits per heavy atom. The molecule has 138 valence electrons. The molecule has 1 heterocycles. The minimum absolute atomic E-state index is 0.0843. The van der Waals surface area contributed by atoms with Gasteiger partial charge >= 0.3 is 0 Å². The molecule has 0 saturated carbocycles. The van der Waals surface area contributed by atoms with Crippen LogP contribution in [-0.4, -0.2) is 43.8 Å². The minimum atomic E-state index is -3.01. The number of nitrogens with one attached hydrogen (secondary N) is 1. The Hall–Kier alpha value is -1.70. The van der Waals surface area contributed by atoms with Crippen LogP contribution in [0, 0.1) is 6.92 Å². The lowest BCUT2D eigenvalue weighted by Crippen LogP contribution is -2.46. The lowest BCUT2D eigenvalue weighted by Gasteiger charge is -2.33. The maximum atomic E-state index is 13.1. The largest absolute Gasteiger partial charge is 0.324 e. The van der Waals surface area contributed by atoms with Crippen LogP contribution in [0.5, 0.6) is 0 Å². The lowest BCUT2D eigenvalue weighted by atomic mass is 10.0. The molecule has 0 aromatic heterocycles. The molecule has 1 saturated heterocycles. The summed E-state index contributed by atoms with van der Waals surface area (Å²) in [6.07, 6.45) is 0. The average Bonchev–Trinajstić information content (AvgIpc) is 2.60. The zero-order valence-electron chi connectivity index (χ0n) is 14.5. The first kappa shape index (κ1) is 19.1. The van der Waals surface area contributed by atoms with Crippen LogP contribution in [0.1, 0.15) is 17.2 Å². The molecular weight excluding hydrogens is 416 g/mol. The summed E-state index contributed by atoms with van der Waals surface area (Å²) in [5.41, 5.74) is 2.57. The molecule has 3 rings (SSSR count). The van der Waals surface area contributed by atoms with Crippen LogP contribution in [0.4, 0.5) is 5.69 Å². The summed E-state index contributed by atoms with van der Waals surface area (Å²) >= 11 is 3.42. The van der Waals surface area contributed by atoms with Crippen molar-refractivity contribution < 1.29 is 13.2 Å². The summed E-state index contributed by atoms with van der Waals surface area (Å²) in [6, 6.07) is 14.7. The highest BCUT2D eigenvalue weighted by Gasteiger charge is 2.32. The quantitative estimate of drug-likeness (QED) is 0.798. The number of halogens is 1. The van der Waals surface area contributed by atoms with E-state index >= 15 is 0 Å². The Balaban J connectivity index is 1.87. The number of benzene rings is 2. The summed E-state index contributed by atoms with van der Waals surface area (Å²) in [7, 11) is -3.01. The van der Waals surface area contributed by atoms with Crippen LogP contribution in [0.15, 0.2) is 53.0 Å². The van der Waals surface area contributed by atoms with E-state index in [9.17, 15) is 13.2 Å². The van der Waals surface area contributed by atoms with E-state index in [1.807, 2.05) is 60.4 Å². The van der Waals surface area contributed by atoms with E-state index in [1.165, 1.54) is 0 Å². The number of hydrogen-bond donors (Lipinski definition) is 1. The summed E-state index contributed by atoms with van der Waals surface area (Å²) < 4.78 is 24.5. The summed E-state index contributed by atoms with van der Waals surface area (Å²) in [5, 5.41) is 3.00. The Labute approximate surface area is 162 Å². The molecule has 0 bridgehead atoms. The van der Waals surface area contributed by atoms with Gasteiger partial charge in [0.2, 0.25) is 5.91 Å². The SMILES string of the molecule is Cc1cc(Br)ccc1NC(=O)C(c1ccccc1)N1CCS(=O)(=O)CC1. The monoisotopic (exact) mass is 436 g/mol. The van der Waals surface area contributed by atoms with Gasteiger partial charge in [-0.2, -0.15) is 0 Å². The molecule has 0 aliphatic carbocycles. The zero-order chi connectivity index (χ0) is 18.7. The topological polar surface area (TPSA) is 66.5 Å². The van der Waals surface area contributed by atoms with Crippen LogP contribution >= 0.6 is 15.9 Å². The summed E-state index contributed by atoms with van der Waals surface area (Å²) in [6.45, 7) is 2.65. The molecule has 0 spiro atoms. The van der Waals surface area contributed by atoms with E-state index in [4.69, 9.17) is 0 Å². The fourth-order valence-corrected chi connectivity index (χ4v) is 4.82. The van der Waals surface area contributed by atoms with E-state index in [0.717, 1.165) is 21.3 Å². The van der Waals surface area contributed by atoms with Crippen molar-refractivity contribution in [2.24, 2.45) is 0 Å². The first-order chi connectivity index (χ1) is 12.4. The molecule has 26 heavy (non-hydrogen) atoms. The van der Waals surface area contributed by atoms with Crippen molar-refractivity contribution in [2.75, 3.05) is 29.9 Å².